The van der Waals surface area contributed by atoms with Crippen LogP contribution >= 0.6 is 0 Å². The second-order valence-electron chi connectivity index (χ2n) is 11.2. The average molecular weight is 455 g/mol. The second-order valence-corrected chi connectivity index (χ2v) is 11.2. The highest BCUT2D eigenvalue weighted by Gasteiger charge is 2.30. The van der Waals surface area contributed by atoms with Gasteiger partial charge in [0.1, 0.15) is 0 Å². The van der Waals surface area contributed by atoms with Crippen LogP contribution in [-0.4, -0.2) is 0 Å². The fourth-order valence-electron chi connectivity index (χ4n) is 6.72. The Balaban J connectivity index is 1.30. The third-order valence-electron chi connectivity index (χ3n) is 9.08. The van der Waals surface area contributed by atoms with Gasteiger partial charge in [-0.25, -0.2) is 8.78 Å². The molecule has 0 amide bonds. The monoisotopic (exact) mass is 454 g/mol. The van der Waals surface area contributed by atoms with Crippen molar-refractivity contribution in [2.24, 2.45) is 23.7 Å². The Labute approximate surface area is 200 Å². The molecular weight excluding hydrogens is 410 g/mol. The van der Waals surface area contributed by atoms with Crippen LogP contribution in [0, 0.1) is 35.3 Å². The summed E-state index contributed by atoms with van der Waals surface area (Å²) in [7, 11) is 0. The first-order valence-electron chi connectivity index (χ1n) is 14.0. The van der Waals surface area contributed by atoms with E-state index in [2.05, 4.69) is 19.9 Å². The number of aryl methyl sites for hydroxylation is 2. The van der Waals surface area contributed by atoms with Gasteiger partial charge in [0, 0.05) is 5.39 Å². The lowest BCUT2D eigenvalue weighted by molar-refractivity contribution is 0.142. The van der Waals surface area contributed by atoms with Gasteiger partial charge in [-0.15, -0.1) is 0 Å². The largest absolute Gasteiger partial charge is 0.203 e. The van der Waals surface area contributed by atoms with E-state index in [1.165, 1.54) is 64.2 Å². The molecule has 2 heteroatoms. The molecule has 0 radical (unpaired) electrons. The van der Waals surface area contributed by atoms with E-state index in [0.29, 0.717) is 17.4 Å². The smallest absolute Gasteiger partial charge is 0.166 e. The Morgan fingerprint density at radius 2 is 1.39 bits per heavy atom. The van der Waals surface area contributed by atoms with Crippen LogP contribution in [0.1, 0.15) is 108 Å². The van der Waals surface area contributed by atoms with Gasteiger partial charge in [0.25, 0.3) is 0 Å². The molecule has 2 aliphatic carbocycles. The number of rotatable bonds is 9. The zero-order valence-corrected chi connectivity index (χ0v) is 21.0. The van der Waals surface area contributed by atoms with Crippen LogP contribution in [0.15, 0.2) is 24.3 Å². The molecule has 182 valence electrons. The normalized spacial score (nSPS) is 26.1. The lowest BCUT2D eigenvalue weighted by atomic mass is 9.68. The molecule has 0 unspecified atom stereocenters. The first kappa shape index (κ1) is 24.7. The Kier molecular flexibility index (Phi) is 8.83. The molecule has 0 aliphatic heterocycles. The van der Waals surface area contributed by atoms with Crippen molar-refractivity contribution < 1.29 is 8.78 Å². The molecule has 33 heavy (non-hydrogen) atoms. The molecule has 0 heterocycles. The topological polar surface area (TPSA) is 0 Å². The molecule has 0 aromatic heterocycles. The van der Waals surface area contributed by atoms with E-state index in [1.54, 1.807) is 0 Å². The van der Waals surface area contributed by atoms with Gasteiger partial charge in [0.15, 0.2) is 11.6 Å². The minimum Gasteiger partial charge on any atom is -0.203 e. The number of benzene rings is 2. The van der Waals surface area contributed by atoms with Gasteiger partial charge in [-0.3, -0.25) is 0 Å². The zero-order valence-electron chi connectivity index (χ0n) is 21.0. The molecule has 0 N–H and O–H groups in total. The van der Waals surface area contributed by atoms with Crippen LogP contribution in [-0.2, 0) is 12.8 Å². The molecule has 2 saturated carbocycles. The van der Waals surface area contributed by atoms with Crippen LogP contribution in [0.25, 0.3) is 10.8 Å². The maximum absolute atomic E-state index is 14.8. The number of unbranched alkanes of at least 4 members (excludes halogenated alkanes) is 2. The fraction of sp³-hybridized carbons (Fsp3) is 0.677. The van der Waals surface area contributed by atoms with E-state index in [4.69, 9.17) is 0 Å². The lowest BCUT2D eigenvalue weighted by Crippen LogP contribution is -2.25. The Morgan fingerprint density at radius 1 is 0.727 bits per heavy atom. The van der Waals surface area contributed by atoms with Crippen LogP contribution < -0.4 is 0 Å². The van der Waals surface area contributed by atoms with Gasteiger partial charge in [-0.2, -0.15) is 0 Å². The predicted octanol–water partition coefficient (Wildman–Crippen LogP) is 9.81. The lowest BCUT2D eigenvalue weighted by Gasteiger charge is -2.37. The van der Waals surface area contributed by atoms with E-state index < -0.39 is 11.6 Å². The minimum atomic E-state index is -0.654. The van der Waals surface area contributed by atoms with Gasteiger partial charge in [0.2, 0.25) is 0 Å². The maximum Gasteiger partial charge on any atom is 0.166 e. The molecule has 2 aliphatic rings. The molecule has 0 atom stereocenters. The summed E-state index contributed by atoms with van der Waals surface area (Å²) in [5.74, 6) is 2.44. The fourth-order valence-corrected chi connectivity index (χ4v) is 6.72. The van der Waals surface area contributed by atoms with Gasteiger partial charge in [-0.1, -0.05) is 70.9 Å². The standard InChI is InChI=1S/C31H44F2/c1-3-5-6-7-28-21-27-19-14-24(20-29(27)31(33)30(28)32)9-8-23-12-17-26(18-13-23)25-15-10-22(4-2)11-16-25/h14,19-23,25-26H,3-13,15-18H2,1-2H3. The van der Waals surface area contributed by atoms with Crippen molar-refractivity contribution in [2.45, 2.75) is 110 Å². The molecule has 0 saturated heterocycles. The third kappa shape index (κ3) is 6.17. The summed E-state index contributed by atoms with van der Waals surface area (Å²) >= 11 is 0. The van der Waals surface area contributed by atoms with Crippen LogP contribution in [0.5, 0.6) is 0 Å². The molecule has 0 nitrogen and oxygen atoms in total. The van der Waals surface area contributed by atoms with E-state index in [9.17, 15) is 8.78 Å². The number of halogens is 2. The van der Waals surface area contributed by atoms with Crippen LogP contribution in [0.3, 0.4) is 0 Å². The van der Waals surface area contributed by atoms with Crippen molar-refractivity contribution >= 4 is 10.8 Å². The molecule has 4 rings (SSSR count). The number of hydrogen-bond acceptors (Lipinski definition) is 0. The predicted molar refractivity (Wildman–Crippen MR) is 137 cm³/mol. The van der Waals surface area contributed by atoms with Crippen molar-refractivity contribution in [3.8, 4) is 0 Å². The van der Waals surface area contributed by atoms with Gasteiger partial charge in [0.05, 0.1) is 0 Å². The van der Waals surface area contributed by atoms with Gasteiger partial charge in [-0.05, 0) is 104 Å². The highest BCUT2D eigenvalue weighted by atomic mass is 19.2. The Bertz CT molecular complexity index is 885. The molecule has 2 aromatic rings. The van der Waals surface area contributed by atoms with Crippen molar-refractivity contribution in [3.05, 3.63) is 47.0 Å². The summed E-state index contributed by atoms with van der Waals surface area (Å²) in [5.41, 5.74) is 1.68. The molecule has 0 spiro atoms. The molecular formula is C31H44F2. The van der Waals surface area contributed by atoms with Crippen molar-refractivity contribution in [3.63, 3.8) is 0 Å². The summed E-state index contributed by atoms with van der Waals surface area (Å²) < 4.78 is 29.5. The van der Waals surface area contributed by atoms with Crippen molar-refractivity contribution in [1.29, 1.82) is 0 Å². The number of fused-ring (bicyclic) bond motifs is 1. The van der Waals surface area contributed by atoms with Crippen LogP contribution in [0.2, 0.25) is 0 Å². The zero-order chi connectivity index (χ0) is 23.2. The summed E-state index contributed by atoms with van der Waals surface area (Å²) in [6.07, 6.45) is 18.6. The Hall–Kier alpha value is -1.44. The van der Waals surface area contributed by atoms with Crippen LogP contribution in [0.4, 0.5) is 8.78 Å². The summed E-state index contributed by atoms with van der Waals surface area (Å²) in [5, 5.41) is 1.29. The van der Waals surface area contributed by atoms with E-state index in [-0.39, 0.29) is 0 Å². The van der Waals surface area contributed by atoms with E-state index in [1.807, 2.05) is 18.2 Å². The highest BCUT2D eigenvalue weighted by Crippen LogP contribution is 2.42. The van der Waals surface area contributed by atoms with Crippen molar-refractivity contribution in [2.75, 3.05) is 0 Å². The quantitative estimate of drug-likeness (QED) is 0.331. The second kappa shape index (κ2) is 11.8. The molecule has 0 bridgehead atoms. The third-order valence-corrected chi connectivity index (χ3v) is 9.08. The average Bonchev–Trinajstić information content (AvgIpc) is 2.86. The first-order chi connectivity index (χ1) is 16.1. The number of hydrogen-bond donors (Lipinski definition) is 0. The molecule has 2 fully saturated rings. The summed E-state index contributed by atoms with van der Waals surface area (Å²) in [4.78, 5) is 0. The van der Waals surface area contributed by atoms with E-state index in [0.717, 1.165) is 60.3 Å². The van der Waals surface area contributed by atoms with E-state index >= 15 is 0 Å². The Morgan fingerprint density at radius 3 is 2.03 bits per heavy atom. The van der Waals surface area contributed by atoms with Gasteiger partial charge < -0.3 is 0 Å². The molecule has 2 aromatic carbocycles. The first-order valence-corrected chi connectivity index (χ1v) is 14.0. The highest BCUT2D eigenvalue weighted by molar-refractivity contribution is 5.84. The maximum atomic E-state index is 14.8. The summed E-state index contributed by atoms with van der Waals surface area (Å²) in [6, 6.07) is 7.90. The van der Waals surface area contributed by atoms with Crippen molar-refractivity contribution in [1.82, 2.24) is 0 Å². The SMILES string of the molecule is CCCCCc1cc2ccc(CCC3CCC(C4CCC(CC)CC4)CC3)cc2c(F)c1F. The van der Waals surface area contributed by atoms with Gasteiger partial charge >= 0.3 is 0 Å². The summed E-state index contributed by atoms with van der Waals surface area (Å²) in [6.45, 7) is 4.48. The minimum absolute atomic E-state index is 0.454.